The van der Waals surface area contributed by atoms with Crippen LogP contribution in [-0.4, -0.2) is 31.1 Å². The van der Waals surface area contributed by atoms with E-state index < -0.39 is 17.5 Å². The summed E-state index contributed by atoms with van der Waals surface area (Å²) >= 11 is 0. The number of nitrogens with one attached hydrogen (secondary N) is 1. The predicted molar refractivity (Wildman–Crippen MR) is 68.3 cm³/mol. The van der Waals surface area contributed by atoms with E-state index in [0.717, 1.165) is 31.6 Å². The minimum Gasteiger partial charge on any atom is -0.313 e. The van der Waals surface area contributed by atoms with Crippen LogP contribution in [0.1, 0.15) is 24.8 Å². The Morgan fingerprint density at radius 3 is 2.47 bits per heavy atom. The number of hydrogen-bond donors (Lipinski definition) is 1. The van der Waals surface area contributed by atoms with Crippen molar-refractivity contribution in [2.75, 3.05) is 20.1 Å². The summed E-state index contributed by atoms with van der Waals surface area (Å²) in [4.78, 5) is 2.00. The van der Waals surface area contributed by atoms with Crippen LogP contribution in [-0.2, 0) is 6.54 Å². The zero-order valence-electron chi connectivity index (χ0n) is 11.1. The maximum Gasteiger partial charge on any atom is 0.194 e. The van der Waals surface area contributed by atoms with E-state index in [1.807, 2.05) is 11.9 Å². The molecule has 0 aromatic heterocycles. The predicted octanol–water partition coefficient (Wildman–Crippen LogP) is 2.68. The van der Waals surface area contributed by atoms with E-state index in [2.05, 4.69) is 5.32 Å². The van der Waals surface area contributed by atoms with Gasteiger partial charge in [0.15, 0.2) is 17.5 Å². The summed E-state index contributed by atoms with van der Waals surface area (Å²) < 4.78 is 39.1. The summed E-state index contributed by atoms with van der Waals surface area (Å²) in [5, 5.41) is 3.42. The van der Waals surface area contributed by atoms with E-state index in [0.29, 0.717) is 18.2 Å². The topological polar surface area (TPSA) is 15.3 Å². The molecule has 0 aliphatic carbocycles. The molecule has 2 nitrogen and oxygen atoms in total. The Bertz CT molecular complexity index is 408. The second-order valence-corrected chi connectivity index (χ2v) is 5.22. The van der Waals surface area contributed by atoms with Crippen molar-refractivity contribution in [2.24, 2.45) is 0 Å². The lowest BCUT2D eigenvalue weighted by Crippen LogP contribution is -2.42. The highest BCUT2D eigenvalue weighted by atomic mass is 19.2. The molecular formula is C14H19F3N2. The second-order valence-electron chi connectivity index (χ2n) is 5.22. The molecule has 5 heteroatoms. The van der Waals surface area contributed by atoms with E-state index in [1.165, 1.54) is 12.8 Å². The number of likely N-dealkylation sites (N-methyl/N-ethyl adjacent to an activating group) is 1. The minimum atomic E-state index is -1.40. The summed E-state index contributed by atoms with van der Waals surface area (Å²) in [7, 11) is 1.90. The summed E-state index contributed by atoms with van der Waals surface area (Å²) in [6.07, 6.45) is 3.54. The van der Waals surface area contributed by atoms with Gasteiger partial charge in [0.25, 0.3) is 0 Å². The standard InChI is InChI=1S/C14H19F3N2/c1-19(9-11-4-2-3-5-18-11)8-10-6-12(15)14(17)13(16)7-10/h6-7,11,18H,2-5,8-9H2,1H3. The molecule has 0 amide bonds. The molecule has 0 saturated carbocycles. The third-order valence-electron chi connectivity index (χ3n) is 3.44. The average molecular weight is 272 g/mol. The largest absolute Gasteiger partial charge is 0.313 e. The third-order valence-corrected chi connectivity index (χ3v) is 3.44. The maximum absolute atomic E-state index is 13.1. The van der Waals surface area contributed by atoms with E-state index in [-0.39, 0.29) is 0 Å². The molecule has 0 bridgehead atoms. The third kappa shape index (κ3) is 3.94. The van der Waals surface area contributed by atoms with Crippen LogP contribution in [0.25, 0.3) is 0 Å². The van der Waals surface area contributed by atoms with Gasteiger partial charge in [0.1, 0.15) is 0 Å². The first-order valence-corrected chi connectivity index (χ1v) is 6.61. The van der Waals surface area contributed by atoms with Gasteiger partial charge in [0.05, 0.1) is 0 Å². The molecule has 106 valence electrons. The fourth-order valence-electron chi connectivity index (χ4n) is 2.53. The summed E-state index contributed by atoms with van der Waals surface area (Å²) in [6, 6.07) is 2.54. The van der Waals surface area contributed by atoms with Gasteiger partial charge >= 0.3 is 0 Å². The highest BCUT2D eigenvalue weighted by Gasteiger charge is 2.16. The zero-order valence-corrected chi connectivity index (χ0v) is 11.1. The number of halogens is 3. The number of nitrogens with zero attached hydrogens (tertiary/aromatic N) is 1. The van der Waals surface area contributed by atoms with E-state index in [9.17, 15) is 13.2 Å². The zero-order chi connectivity index (χ0) is 13.8. The van der Waals surface area contributed by atoms with Crippen molar-refractivity contribution in [3.63, 3.8) is 0 Å². The first-order chi connectivity index (χ1) is 9.06. The molecule has 1 aliphatic rings. The summed E-state index contributed by atoms with van der Waals surface area (Å²) in [5.74, 6) is -3.65. The van der Waals surface area contributed by atoms with Crippen LogP contribution in [0.15, 0.2) is 12.1 Å². The van der Waals surface area contributed by atoms with Crippen molar-refractivity contribution in [3.05, 3.63) is 35.1 Å². The molecule has 1 heterocycles. The molecule has 1 saturated heterocycles. The normalized spacial score (nSPS) is 19.9. The molecule has 0 radical (unpaired) electrons. The van der Waals surface area contributed by atoms with Crippen LogP contribution in [0.4, 0.5) is 13.2 Å². The van der Waals surface area contributed by atoms with Gasteiger partial charge in [-0.15, -0.1) is 0 Å². The lowest BCUT2D eigenvalue weighted by molar-refractivity contribution is 0.255. The summed E-state index contributed by atoms with van der Waals surface area (Å²) in [6.45, 7) is 2.26. The lowest BCUT2D eigenvalue weighted by atomic mass is 10.0. The fourth-order valence-corrected chi connectivity index (χ4v) is 2.53. The van der Waals surface area contributed by atoms with Crippen molar-refractivity contribution in [1.29, 1.82) is 0 Å². The molecular weight excluding hydrogens is 253 g/mol. The SMILES string of the molecule is CN(Cc1cc(F)c(F)c(F)c1)CC1CCCCN1. The highest BCUT2D eigenvalue weighted by Crippen LogP contribution is 2.15. The Labute approximate surface area is 111 Å². The monoisotopic (exact) mass is 272 g/mol. The second kappa shape index (κ2) is 6.39. The Hall–Kier alpha value is -1.07. The van der Waals surface area contributed by atoms with Gasteiger partial charge < -0.3 is 10.2 Å². The van der Waals surface area contributed by atoms with Crippen molar-refractivity contribution < 1.29 is 13.2 Å². The van der Waals surface area contributed by atoms with E-state index in [4.69, 9.17) is 0 Å². The van der Waals surface area contributed by atoms with Crippen LogP contribution in [0, 0.1) is 17.5 Å². The molecule has 2 rings (SSSR count). The number of rotatable bonds is 4. The van der Waals surface area contributed by atoms with Gasteiger partial charge in [-0.05, 0) is 44.1 Å². The van der Waals surface area contributed by atoms with Crippen LogP contribution >= 0.6 is 0 Å². The van der Waals surface area contributed by atoms with Crippen molar-refractivity contribution in [2.45, 2.75) is 31.8 Å². The first-order valence-electron chi connectivity index (χ1n) is 6.61. The molecule has 1 aromatic carbocycles. The molecule has 1 aliphatic heterocycles. The number of hydrogen-bond acceptors (Lipinski definition) is 2. The Morgan fingerprint density at radius 2 is 1.89 bits per heavy atom. The molecule has 0 spiro atoms. The Morgan fingerprint density at radius 1 is 1.21 bits per heavy atom. The van der Waals surface area contributed by atoms with Crippen molar-refractivity contribution >= 4 is 0 Å². The van der Waals surface area contributed by atoms with Crippen LogP contribution < -0.4 is 5.32 Å². The van der Waals surface area contributed by atoms with Gasteiger partial charge in [-0.25, -0.2) is 13.2 Å². The van der Waals surface area contributed by atoms with Crippen LogP contribution in [0.3, 0.4) is 0 Å². The molecule has 1 aromatic rings. The molecule has 1 N–H and O–H groups in total. The molecule has 19 heavy (non-hydrogen) atoms. The smallest absolute Gasteiger partial charge is 0.194 e. The van der Waals surface area contributed by atoms with E-state index in [1.54, 1.807) is 0 Å². The van der Waals surface area contributed by atoms with Crippen molar-refractivity contribution in [1.82, 2.24) is 10.2 Å². The van der Waals surface area contributed by atoms with E-state index >= 15 is 0 Å². The minimum absolute atomic E-state index is 0.409. The van der Waals surface area contributed by atoms with Crippen molar-refractivity contribution in [3.8, 4) is 0 Å². The molecule has 1 fully saturated rings. The van der Waals surface area contributed by atoms with Gasteiger partial charge in [-0.3, -0.25) is 0 Å². The van der Waals surface area contributed by atoms with Gasteiger partial charge in [-0.2, -0.15) is 0 Å². The molecule has 1 atom stereocenters. The number of piperidine rings is 1. The van der Waals surface area contributed by atoms with Gasteiger partial charge in [0.2, 0.25) is 0 Å². The quantitative estimate of drug-likeness (QED) is 0.848. The Balaban J connectivity index is 1.92. The Kier molecular flexibility index (Phi) is 4.82. The lowest BCUT2D eigenvalue weighted by Gasteiger charge is -2.28. The van der Waals surface area contributed by atoms with Crippen LogP contribution in [0.2, 0.25) is 0 Å². The molecule has 1 unspecified atom stereocenters. The maximum atomic E-state index is 13.1. The van der Waals surface area contributed by atoms with Crippen LogP contribution in [0.5, 0.6) is 0 Å². The van der Waals surface area contributed by atoms with Gasteiger partial charge in [-0.1, -0.05) is 6.42 Å². The first kappa shape index (κ1) is 14.3. The average Bonchev–Trinajstić information content (AvgIpc) is 2.37. The summed E-state index contributed by atoms with van der Waals surface area (Å²) in [5.41, 5.74) is 0.453. The highest BCUT2D eigenvalue weighted by molar-refractivity contribution is 5.19. The van der Waals surface area contributed by atoms with Gasteiger partial charge in [0, 0.05) is 19.1 Å². The fraction of sp³-hybridized carbons (Fsp3) is 0.571. The number of benzene rings is 1.